The Hall–Kier alpha value is -2.65. The minimum absolute atomic E-state index is 0.110. The zero-order chi connectivity index (χ0) is 19.5. The number of benzene rings is 2. The van der Waals surface area contributed by atoms with E-state index in [2.05, 4.69) is 0 Å². The molecule has 0 saturated heterocycles. The second kappa shape index (κ2) is 7.71. The number of nitrogens with one attached hydrogen (secondary N) is 1. The minimum atomic E-state index is -3.89. The maximum Gasteiger partial charge on any atom is 0.341 e. The van der Waals surface area contributed by atoms with Crippen LogP contribution in [0.4, 0.5) is 8.78 Å². The van der Waals surface area contributed by atoms with Crippen LogP contribution >= 0.6 is 0 Å². The van der Waals surface area contributed by atoms with Crippen molar-refractivity contribution in [3.8, 4) is 0 Å². The number of Topliss-reactive ketones (excluding diaryl/α,β-unsaturated/α-hetero) is 1. The summed E-state index contributed by atoms with van der Waals surface area (Å²) in [5, 5.41) is 0. The molecule has 1 atom stereocenters. The maximum atomic E-state index is 13.9. The molecule has 9 heteroatoms. The molecule has 2 aromatic carbocycles. The van der Waals surface area contributed by atoms with Crippen LogP contribution in [0.25, 0.3) is 0 Å². The van der Waals surface area contributed by atoms with E-state index in [1.165, 1.54) is 26.1 Å². The van der Waals surface area contributed by atoms with E-state index in [0.29, 0.717) is 0 Å². The number of rotatable bonds is 6. The van der Waals surface area contributed by atoms with Gasteiger partial charge in [0.15, 0.2) is 6.10 Å². The van der Waals surface area contributed by atoms with Crippen LogP contribution in [-0.4, -0.2) is 33.3 Å². The van der Waals surface area contributed by atoms with Crippen LogP contribution in [0.15, 0.2) is 47.4 Å². The molecule has 0 aromatic heterocycles. The van der Waals surface area contributed by atoms with E-state index < -0.39 is 45.1 Å². The van der Waals surface area contributed by atoms with Gasteiger partial charge in [0.25, 0.3) is 0 Å². The molecule has 1 N–H and O–H groups in total. The number of hydrogen-bond acceptors (Lipinski definition) is 5. The molecule has 0 aliphatic heterocycles. The number of carbonyl (C=O) groups is 2. The summed E-state index contributed by atoms with van der Waals surface area (Å²) in [7, 11) is -2.72. The van der Waals surface area contributed by atoms with Crippen molar-refractivity contribution in [3.63, 3.8) is 0 Å². The molecule has 0 heterocycles. The lowest BCUT2D eigenvalue weighted by atomic mass is 10.1. The van der Waals surface area contributed by atoms with Gasteiger partial charge in [-0.05, 0) is 56.4 Å². The summed E-state index contributed by atoms with van der Waals surface area (Å²) in [5.74, 6) is -3.33. The first kappa shape index (κ1) is 19.7. The van der Waals surface area contributed by atoms with Crippen molar-refractivity contribution < 1.29 is 31.5 Å². The summed E-state index contributed by atoms with van der Waals surface area (Å²) in [6, 6.07) is 7.23. The highest BCUT2D eigenvalue weighted by molar-refractivity contribution is 7.89. The highest BCUT2D eigenvalue weighted by Crippen LogP contribution is 2.17. The Morgan fingerprint density at radius 1 is 1.08 bits per heavy atom. The molecule has 0 fully saturated rings. The van der Waals surface area contributed by atoms with Crippen molar-refractivity contribution in [2.45, 2.75) is 17.9 Å². The second-order valence-electron chi connectivity index (χ2n) is 5.27. The van der Waals surface area contributed by atoms with E-state index in [-0.39, 0.29) is 10.5 Å². The molecule has 2 aromatic rings. The Bertz CT molecular complexity index is 942. The SMILES string of the molecule is CNS(=O)(=O)c1ccc(F)c(C(=O)OC(C)C(=O)c2ccc(F)cc2)c1. The maximum absolute atomic E-state index is 13.9. The van der Waals surface area contributed by atoms with Gasteiger partial charge in [-0.25, -0.2) is 26.7 Å². The molecule has 6 nitrogen and oxygen atoms in total. The zero-order valence-electron chi connectivity index (χ0n) is 13.8. The first-order valence-corrected chi connectivity index (χ1v) is 8.88. The van der Waals surface area contributed by atoms with Crippen molar-refractivity contribution in [2.75, 3.05) is 7.05 Å². The van der Waals surface area contributed by atoms with E-state index in [1.807, 2.05) is 4.72 Å². The van der Waals surface area contributed by atoms with Crippen molar-refractivity contribution in [2.24, 2.45) is 0 Å². The minimum Gasteiger partial charge on any atom is -0.451 e. The average Bonchev–Trinajstić information content (AvgIpc) is 2.61. The lowest BCUT2D eigenvalue weighted by molar-refractivity contribution is 0.0314. The van der Waals surface area contributed by atoms with Crippen molar-refractivity contribution in [3.05, 3.63) is 65.2 Å². The molecule has 0 aliphatic carbocycles. The molecule has 26 heavy (non-hydrogen) atoms. The number of ether oxygens (including phenoxy) is 1. The molecule has 138 valence electrons. The summed E-state index contributed by atoms with van der Waals surface area (Å²) in [6.07, 6.45) is -1.28. The topological polar surface area (TPSA) is 89.5 Å². The highest BCUT2D eigenvalue weighted by atomic mass is 32.2. The monoisotopic (exact) mass is 383 g/mol. The van der Waals surface area contributed by atoms with Crippen LogP contribution in [0.3, 0.4) is 0 Å². The molecule has 0 spiro atoms. The zero-order valence-corrected chi connectivity index (χ0v) is 14.6. The molecule has 0 aliphatic rings. The number of halogens is 2. The Kier molecular flexibility index (Phi) is 5.83. The molecule has 0 bridgehead atoms. The van der Waals surface area contributed by atoms with E-state index in [9.17, 15) is 26.8 Å². The fourth-order valence-electron chi connectivity index (χ4n) is 2.07. The lowest BCUT2D eigenvalue weighted by Crippen LogP contribution is -2.25. The molecular weight excluding hydrogens is 368 g/mol. The predicted octanol–water partition coefficient (Wildman–Crippen LogP) is 2.30. The van der Waals surface area contributed by atoms with Gasteiger partial charge in [0, 0.05) is 5.56 Å². The van der Waals surface area contributed by atoms with Crippen molar-refractivity contribution in [1.29, 1.82) is 0 Å². The van der Waals surface area contributed by atoms with Crippen LogP contribution in [0.5, 0.6) is 0 Å². The van der Waals surface area contributed by atoms with E-state index in [1.54, 1.807) is 0 Å². The molecule has 0 saturated carbocycles. The van der Waals surface area contributed by atoms with Gasteiger partial charge in [-0.3, -0.25) is 4.79 Å². The molecule has 2 rings (SSSR count). The summed E-state index contributed by atoms with van der Waals surface area (Å²) in [6.45, 7) is 1.27. The van der Waals surface area contributed by atoms with E-state index >= 15 is 0 Å². The quantitative estimate of drug-likeness (QED) is 0.611. The number of esters is 1. The van der Waals surface area contributed by atoms with Crippen LogP contribution < -0.4 is 4.72 Å². The van der Waals surface area contributed by atoms with Crippen molar-refractivity contribution in [1.82, 2.24) is 4.72 Å². The number of sulfonamides is 1. The Morgan fingerprint density at radius 3 is 2.27 bits per heavy atom. The second-order valence-corrected chi connectivity index (χ2v) is 7.15. The van der Waals surface area contributed by atoms with Crippen LogP contribution in [0, 0.1) is 11.6 Å². The average molecular weight is 383 g/mol. The standard InChI is InChI=1S/C17H15F2NO5S/c1-10(16(21)11-3-5-12(18)6-4-11)25-17(22)14-9-13(7-8-15(14)19)26(23,24)20-2/h3-10,20H,1-2H3. The van der Waals surface area contributed by atoms with Gasteiger partial charge in [-0.2, -0.15) is 0 Å². The van der Waals surface area contributed by atoms with Gasteiger partial charge in [0.2, 0.25) is 15.8 Å². The Balaban J connectivity index is 2.22. The number of ketones is 1. The van der Waals surface area contributed by atoms with Crippen LogP contribution in [0.2, 0.25) is 0 Å². The van der Waals surface area contributed by atoms with E-state index in [0.717, 1.165) is 30.3 Å². The first-order chi connectivity index (χ1) is 12.2. The molecule has 1 unspecified atom stereocenters. The third-order valence-electron chi connectivity index (χ3n) is 3.52. The van der Waals surface area contributed by atoms with E-state index in [4.69, 9.17) is 4.74 Å². The van der Waals surface area contributed by atoms with Crippen molar-refractivity contribution >= 4 is 21.8 Å². The summed E-state index contributed by atoms with van der Waals surface area (Å²) < 4.78 is 57.3. The van der Waals surface area contributed by atoms with Gasteiger partial charge in [0.05, 0.1) is 10.5 Å². The first-order valence-electron chi connectivity index (χ1n) is 7.39. The van der Waals surface area contributed by atoms with Crippen LogP contribution in [0.1, 0.15) is 27.6 Å². The fourth-order valence-corrected chi connectivity index (χ4v) is 2.83. The van der Waals surface area contributed by atoms with Gasteiger partial charge in [-0.1, -0.05) is 0 Å². The largest absolute Gasteiger partial charge is 0.451 e. The number of carbonyl (C=O) groups excluding carboxylic acids is 2. The Morgan fingerprint density at radius 2 is 1.69 bits per heavy atom. The highest BCUT2D eigenvalue weighted by Gasteiger charge is 2.24. The molecular formula is C17H15F2NO5S. The third kappa shape index (κ3) is 4.30. The summed E-state index contributed by atoms with van der Waals surface area (Å²) in [4.78, 5) is 24.0. The lowest BCUT2D eigenvalue weighted by Gasteiger charge is -2.13. The molecule has 0 radical (unpaired) electrons. The number of hydrogen-bond donors (Lipinski definition) is 1. The Labute approximate surface area is 148 Å². The molecule has 0 amide bonds. The van der Waals surface area contributed by atoms with Crippen LogP contribution in [-0.2, 0) is 14.8 Å². The fraction of sp³-hybridized carbons (Fsp3) is 0.176. The van der Waals surface area contributed by atoms with Gasteiger partial charge < -0.3 is 4.74 Å². The third-order valence-corrected chi connectivity index (χ3v) is 4.93. The summed E-state index contributed by atoms with van der Waals surface area (Å²) in [5.41, 5.74) is -0.515. The van der Waals surface area contributed by atoms with Gasteiger partial charge in [-0.15, -0.1) is 0 Å². The van der Waals surface area contributed by atoms with Gasteiger partial charge in [0.1, 0.15) is 11.6 Å². The normalized spacial score (nSPS) is 12.5. The predicted molar refractivity (Wildman–Crippen MR) is 88.3 cm³/mol. The smallest absolute Gasteiger partial charge is 0.341 e. The summed E-state index contributed by atoms with van der Waals surface area (Å²) >= 11 is 0. The van der Waals surface area contributed by atoms with Gasteiger partial charge >= 0.3 is 5.97 Å².